The van der Waals surface area contributed by atoms with E-state index in [9.17, 15) is 9.59 Å². The quantitative estimate of drug-likeness (QED) is 0.700. The number of ether oxygens (including phenoxy) is 2. The zero-order chi connectivity index (χ0) is 19.1. The predicted octanol–water partition coefficient (Wildman–Crippen LogP) is 4.51. The second kappa shape index (κ2) is 9.46. The van der Waals surface area contributed by atoms with Gasteiger partial charge in [-0.25, -0.2) is 4.79 Å². The van der Waals surface area contributed by atoms with E-state index >= 15 is 0 Å². The number of halogens is 2. The summed E-state index contributed by atoms with van der Waals surface area (Å²) >= 11 is 11.8. The maximum atomic E-state index is 12.0. The SMILES string of the molecule is CCc1ccccc1NC(=O)COC(=O)[C@@H](C)Oc1ccc(Cl)cc1Cl. The summed E-state index contributed by atoms with van der Waals surface area (Å²) in [6.07, 6.45) is -0.146. The average molecular weight is 396 g/mol. The molecule has 1 N–H and O–H groups in total. The number of aryl methyl sites for hydroxylation is 1. The Labute approximate surface area is 162 Å². The van der Waals surface area contributed by atoms with Crippen molar-refractivity contribution in [2.45, 2.75) is 26.4 Å². The fraction of sp³-hybridized carbons (Fsp3) is 0.263. The molecule has 0 spiro atoms. The molecule has 0 saturated heterocycles. The van der Waals surface area contributed by atoms with Crippen LogP contribution in [0.2, 0.25) is 10.0 Å². The van der Waals surface area contributed by atoms with E-state index in [2.05, 4.69) is 5.32 Å². The van der Waals surface area contributed by atoms with Crippen LogP contribution in [0.5, 0.6) is 5.75 Å². The lowest BCUT2D eigenvalue weighted by molar-refractivity contribution is -0.153. The topological polar surface area (TPSA) is 64.6 Å². The van der Waals surface area contributed by atoms with E-state index in [-0.39, 0.29) is 5.02 Å². The molecule has 2 aromatic rings. The molecule has 26 heavy (non-hydrogen) atoms. The van der Waals surface area contributed by atoms with Crippen molar-refractivity contribution in [2.24, 2.45) is 0 Å². The number of carbonyl (C=O) groups is 2. The Hall–Kier alpha value is -2.24. The molecule has 0 saturated carbocycles. The van der Waals surface area contributed by atoms with Crippen molar-refractivity contribution in [1.82, 2.24) is 0 Å². The molecule has 0 fully saturated rings. The Morgan fingerprint density at radius 1 is 1.15 bits per heavy atom. The third-order valence-electron chi connectivity index (χ3n) is 3.55. The number of hydrogen-bond acceptors (Lipinski definition) is 4. The molecule has 2 rings (SSSR count). The largest absolute Gasteiger partial charge is 0.477 e. The number of amides is 1. The molecule has 0 unspecified atom stereocenters. The minimum absolute atomic E-state index is 0.283. The summed E-state index contributed by atoms with van der Waals surface area (Å²) in [5.41, 5.74) is 1.70. The number of esters is 1. The normalized spacial score (nSPS) is 11.5. The van der Waals surface area contributed by atoms with E-state index in [1.807, 2.05) is 25.1 Å². The summed E-state index contributed by atoms with van der Waals surface area (Å²) in [6, 6.07) is 12.1. The van der Waals surface area contributed by atoms with Gasteiger partial charge in [-0.3, -0.25) is 4.79 Å². The van der Waals surface area contributed by atoms with Crippen LogP contribution in [0.1, 0.15) is 19.4 Å². The summed E-state index contributed by atoms with van der Waals surface area (Å²) < 4.78 is 10.5. The molecule has 1 atom stereocenters. The van der Waals surface area contributed by atoms with E-state index < -0.39 is 24.6 Å². The third-order valence-corrected chi connectivity index (χ3v) is 4.08. The van der Waals surface area contributed by atoms with Crippen LogP contribution in [0.15, 0.2) is 42.5 Å². The number of anilines is 1. The Balaban J connectivity index is 1.86. The molecule has 0 aliphatic rings. The van der Waals surface area contributed by atoms with Gasteiger partial charge < -0.3 is 14.8 Å². The Kier molecular flexibility index (Phi) is 7.30. The van der Waals surface area contributed by atoms with E-state index in [0.717, 1.165) is 12.0 Å². The van der Waals surface area contributed by atoms with Crippen LogP contribution in [-0.4, -0.2) is 24.6 Å². The van der Waals surface area contributed by atoms with Gasteiger partial charge in [0, 0.05) is 10.7 Å². The molecule has 7 heteroatoms. The summed E-state index contributed by atoms with van der Waals surface area (Å²) in [5.74, 6) is -0.784. The molecular weight excluding hydrogens is 377 g/mol. The zero-order valence-electron chi connectivity index (χ0n) is 14.4. The van der Waals surface area contributed by atoms with Gasteiger partial charge in [-0.05, 0) is 43.2 Å². The second-order valence-electron chi connectivity index (χ2n) is 5.50. The van der Waals surface area contributed by atoms with Crippen molar-refractivity contribution in [3.63, 3.8) is 0 Å². The molecule has 0 radical (unpaired) electrons. The van der Waals surface area contributed by atoms with Gasteiger partial charge in [0.1, 0.15) is 5.75 Å². The smallest absolute Gasteiger partial charge is 0.347 e. The van der Waals surface area contributed by atoms with Crippen molar-refractivity contribution >= 4 is 40.8 Å². The van der Waals surface area contributed by atoms with Crippen molar-refractivity contribution in [3.05, 3.63) is 58.1 Å². The molecular formula is C19H19Cl2NO4. The summed E-state index contributed by atoms with van der Waals surface area (Å²) in [6.45, 7) is 3.10. The zero-order valence-corrected chi connectivity index (χ0v) is 15.9. The van der Waals surface area contributed by atoms with E-state index in [4.69, 9.17) is 32.7 Å². The molecule has 138 valence electrons. The lowest BCUT2D eigenvalue weighted by Crippen LogP contribution is -2.30. The van der Waals surface area contributed by atoms with Crippen LogP contribution < -0.4 is 10.1 Å². The first-order valence-electron chi connectivity index (χ1n) is 8.06. The molecule has 0 aromatic heterocycles. The molecule has 0 heterocycles. The molecule has 0 aliphatic heterocycles. The van der Waals surface area contributed by atoms with Crippen molar-refractivity contribution in [2.75, 3.05) is 11.9 Å². The van der Waals surface area contributed by atoms with Crippen LogP contribution in [0.25, 0.3) is 0 Å². The molecule has 1 amide bonds. The third kappa shape index (κ3) is 5.64. The first kappa shape index (κ1) is 20.1. The number of rotatable bonds is 7. The lowest BCUT2D eigenvalue weighted by Gasteiger charge is -2.15. The minimum atomic E-state index is -0.926. The first-order chi connectivity index (χ1) is 12.4. The van der Waals surface area contributed by atoms with Crippen LogP contribution in [0, 0.1) is 0 Å². The van der Waals surface area contributed by atoms with E-state index in [1.165, 1.54) is 13.0 Å². The Morgan fingerprint density at radius 2 is 1.88 bits per heavy atom. The van der Waals surface area contributed by atoms with Gasteiger partial charge in [0.05, 0.1) is 5.02 Å². The van der Waals surface area contributed by atoms with Gasteiger partial charge >= 0.3 is 5.97 Å². The number of para-hydroxylation sites is 1. The van der Waals surface area contributed by atoms with Crippen molar-refractivity contribution in [1.29, 1.82) is 0 Å². The standard InChI is InChI=1S/C19H19Cl2NO4/c1-3-13-6-4-5-7-16(13)22-18(23)11-25-19(24)12(2)26-17-9-8-14(20)10-15(17)21/h4-10,12H,3,11H2,1-2H3,(H,22,23)/t12-/m1/s1. The van der Waals surface area contributed by atoms with Crippen LogP contribution >= 0.6 is 23.2 Å². The van der Waals surface area contributed by atoms with Crippen LogP contribution in [0.3, 0.4) is 0 Å². The molecule has 0 bridgehead atoms. The predicted molar refractivity (Wildman–Crippen MR) is 102 cm³/mol. The van der Waals surface area contributed by atoms with Crippen molar-refractivity contribution in [3.8, 4) is 5.75 Å². The van der Waals surface area contributed by atoms with Crippen LogP contribution in [0.4, 0.5) is 5.69 Å². The van der Waals surface area contributed by atoms with E-state index in [0.29, 0.717) is 16.5 Å². The fourth-order valence-electron chi connectivity index (χ4n) is 2.20. The average Bonchev–Trinajstić information content (AvgIpc) is 2.62. The number of hydrogen-bond donors (Lipinski definition) is 1. The van der Waals surface area contributed by atoms with Gasteiger partial charge in [-0.1, -0.05) is 48.3 Å². The van der Waals surface area contributed by atoms with Gasteiger partial charge in [0.2, 0.25) is 0 Å². The summed E-state index contributed by atoms with van der Waals surface area (Å²) in [5, 5.41) is 3.47. The summed E-state index contributed by atoms with van der Waals surface area (Å²) in [4.78, 5) is 24.0. The lowest BCUT2D eigenvalue weighted by atomic mass is 10.1. The first-order valence-corrected chi connectivity index (χ1v) is 8.82. The highest BCUT2D eigenvalue weighted by Gasteiger charge is 2.19. The van der Waals surface area contributed by atoms with Gasteiger partial charge in [0.15, 0.2) is 12.7 Å². The highest BCUT2D eigenvalue weighted by atomic mass is 35.5. The summed E-state index contributed by atoms with van der Waals surface area (Å²) in [7, 11) is 0. The Morgan fingerprint density at radius 3 is 2.58 bits per heavy atom. The number of benzene rings is 2. The highest BCUT2D eigenvalue weighted by Crippen LogP contribution is 2.28. The van der Waals surface area contributed by atoms with Gasteiger partial charge in [-0.15, -0.1) is 0 Å². The molecule has 2 aromatic carbocycles. The van der Waals surface area contributed by atoms with Gasteiger partial charge in [-0.2, -0.15) is 0 Å². The second-order valence-corrected chi connectivity index (χ2v) is 6.35. The maximum absolute atomic E-state index is 12.0. The maximum Gasteiger partial charge on any atom is 0.347 e. The van der Waals surface area contributed by atoms with Gasteiger partial charge in [0.25, 0.3) is 5.91 Å². The number of nitrogens with one attached hydrogen (secondary N) is 1. The molecule has 0 aliphatic carbocycles. The van der Waals surface area contributed by atoms with Crippen molar-refractivity contribution < 1.29 is 19.1 Å². The van der Waals surface area contributed by atoms with Crippen LogP contribution in [-0.2, 0) is 20.7 Å². The number of carbonyl (C=O) groups excluding carboxylic acids is 2. The minimum Gasteiger partial charge on any atom is -0.477 e. The fourth-order valence-corrected chi connectivity index (χ4v) is 2.65. The molecule has 5 nitrogen and oxygen atoms in total. The highest BCUT2D eigenvalue weighted by molar-refractivity contribution is 6.35. The monoisotopic (exact) mass is 395 g/mol. The Bertz CT molecular complexity index is 795. The van der Waals surface area contributed by atoms with E-state index in [1.54, 1.807) is 18.2 Å².